The molecule has 0 aromatic heterocycles. The van der Waals surface area contributed by atoms with Gasteiger partial charge in [-0.05, 0) is 25.1 Å². The summed E-state index contributed by atoms with van der Waals surface area (Å²) in [4.78, 5) is 11.6. The van der Waals surface area contributed by atoms with Gasteiger partial charge < -0.3 is 11.1 Å². The zero-order valence-electron chi connectivity index (χ0n) is 9.86. The number of nitrogens with two attached hydrogens (primary N) is 1. The topological polar surface area (TPSA) is 89.3 Å². The van der Waals surface area contributed by atoms with Gasteiger partial charge in [-0.25, -0.2) is 8.42 Å². The Kier molecular flexibility index (Phi) is 4.11. The molecule has 0 saturated heterocycles. The van der Waals surface area contributed by atoms with Crippen LogP contribution in [0, 0.1) is 0 Å². The predicted octanol–water partition coefficient (Wildman–Crippen LogP) is 0.812. The number of anilines is 1. The lowest BCUT2D eigenvalue weighted by Gasteiger charge is -2.08. The third-order valence-electron chi connectivity index (χ3n) is 2.32. The summed E-state index contributed by atoms with van der Waals surface area (Å²) in [5.74, 6) is -0.280. The minimum absolute atomic E-state index is 0.0162. The molecular formula is C11H16N2O3S. The van der Waals surface area contributed by atoms with Crippen LogP contribution in [0.4, 0.5) is 5.69 Å². The van der Waals surface area contributed by atoms with Gasteiger partial charge in [-0.15, -0.1) is 0 Å². The Morgan fingerprint density at radius 1 is 1.35 bits per heavy atom. The minimum Gasteiger partial charge on any atom is -0.398 e. The average molecular weight is 256 g/mol. The van der Waals surface area contributed by atoms with Crippen LogP contribution < -0.4 is 11.1 Å². The second-order valence-electron chi connectivity index (χ2n) is 3.52. The average Bonchev–Trinajstić information content (AvgIpc) is 2.29. The van der Waals surface area contributed by atoms with E-state index in [1.807, 2.05) is 0 Å². The fourth-order valence-electron chi connectivity index (χ4n) is 1.39. The maximum Gasteiger partial charge on any atom is 0.251 e. The maximum atomic E-state index is 11.6. The van der Waals surface area contributed by atoms with E-state index in [0.29, 0.717) is 12.1 Å². The monoisotopic (exact) mass is 256 g/mol. The van der Waals surface area contributed by atoms with Crippen LogP contribution in [0.15, 0.2) is 23.1 Å². The number of nitrogens with one attached hydrogen (secondary N) is 1. The van der Waals surface area contributed by atoms with Crippen LogP contribution in [0.1, 0.15) is 24.2 Å². The molecule has 0 aliphatic heterocycles. The van der Waals surface area contributed by atoms with E-state index >= 15 is 0 Å². The Bertz CT molecular complexity index is 524. The zero-order chi connectivity index (χ0) is 13.1. The smallest absolute Gasteiger partial charge is 0.251 e. The van der Waals surface area contributed by atoms with Crippen LogP contribution in [-0.2, 0) is 9.84 Å². The molecule has 0 radical (unpaired) electrons. The van der Waals surface area contributed by atoms with Gasteiger partial charge in [-0.2, -0.15) is 0 Å². The highest BCUT2D eigenvalue weighted by molar-refractivity contribution is 7.91. The molecule has 1 aromatic rings. The van der Waals surface area contributed by atoms with E-state index in [-0.39, 0.29) is 22.2 Å². The van der Waals surface area contributed by atoms with Crippen molar-refractivity contribution in [2.75, 3.05) is 18.0 Å². The van der Waals surface area contributed by atoms with Gasteiger partial charge in [0.2, 0.25) is 0 Å². The SMILES string of the molecule is CCNC(=O)c1ccc(S(=O)(=O)CC)c(N)c1. The third kappa shape index (κ3) is 2.97. The van der Waals surface area contributed by atoms with Crippen molar-refractivity contribution in [3.63, 3.8) is 0 Å². The molecule has 0 bridgehead atoms. The van der Waals surface area contributed by atoms with Gasteiger partial charge in [0.15, 0.2) is 9.84 Å². The highest BCUT2D eigenvalue weighted by Gasteiger charge is 2.16. The van der Waals surface area contributed by atoms with Crippen molar-refractivity contribution in [1.29, 1.82) is 0 Å². The van der Waals surface area contributed by atoms with Crippen LogP contribution in [0.3, 0.4) is 0 Å². The van der Waals surface area contributed by atoms with Crippen molar-refractivity contribution in [3.05, 3.63) is 23.8 Å². The molecule has 1 amide bonds. The molecule has 17 heavy (non-hydrogen) atoms. The lowest BCUT2D eigenvalue weighted by molar-refractivity contribution is 0.0956. The number of carbonyl (C=O) groups is 1. The molecule has 1 rings (SSSR count). The van der Waals surface area contributed by atoms with E-state index in [4.69, 9.17) is 5.73 Å². The van der Waals surface area contributed by atoms with Crippen molar-refractivity contribution in [2.24, 2.45) is 0 Å². The quantitative estimate of drug-likeness (QED) is 0.780. The predicted molar refractivity (Wildman–Crippen MR) is 66.6 cm³/mol. The van der Waals surface area contributed by atoms with Gasteiger partial charge in [0.1, 0.15) is 0 Å². The molecule has 1 aromatic carbocycles. The van der Waals surface area contributed by atoms with E-state index < -0.39 is 9.84 Å². The first kappa shape index (κ1) is 13.5. The van der Waals surface area contributed by atoms with Crippen LogP contribution in [-0.4, -0.2) is 26.6 Å². The van der Waals surface area contributed by atoms with Gasteiger partial charge in [-0.3, -0.25) is 4.79 Å². The summed E-state index contributed by atoms with van der Waals surface area (Å²) in [6, 6.07) is 4.22. The molecule has 94 valence electrons. The summed E-state index contributed by atoms with van der Waals surface area (Å²) in [5.41, 5.74) is 6.13. The van der Waals surface area contributed by atoms with Crippen LogP contribution in [0.25, 0.3) is 0 Å². The van der Waals surface area contributed by atoms with Crippen LogP contribution in [0.5, 0.6) is 0 Å². The molecule has 5 nitrogen and oxygen atoms in total. The van der Waals surface area contributed by atoms with Crippen molar-refractivity contribution >= 4 is 21.4 Å². The number of sulfone groups is 1. The Labute approximate surface area is 101 Å². The van der Waals surface area contributed by atoms with Crippen molar-refractivity contribution in [2.45, 2.75) is 18.7 Å². The Morgan fingerprint density at radius 2 is 2.00 bits per heavy atom. The summed E-state index contributed by atoms with van der Waals surface area (Å²) >= 11 is 0. The number of benzene rings is 1. The molecule has 0 heterocycles. The van der Waals surface area contributed by atoms with Gasteiger partial charge in [0.25, 0.3) is 5.91 Å². The highest BCUT2D eigenvalue weighted by atomic mass is 32.2. The van der Waals surface area contributed by atoms with E-state index in [1.165, 1.54) is 18.2 Å². The minimum atomic E-state index is -3.34. The fraction of sp³-hybridized carbons (Fsp3) is 0.364. The number of hydrogen-bond donors (Lipinski definition) is 2. The van der Waals surface area contributed by atoms with Gasteiger partial charge in [0.05, 0.1) is 16.3 Å². The van der Waals surface area contributed by atoms with Gasteiger partial charge >= 0.3 is 0 Å². The van der Waals surface area contributed by atoms with E-state index in [0.717, 1.165) is 0 Å². The third-order valence-corrected chi connectivity index (χ3v) is 4.13. The van der Waals surface area contributed by atoms with Gasteiger partial charge in [-0.1, -0.05) is 6.92 Å². The lowest BCUT2D eigenvalue weighted by Crippen LogP contribution is -2.23. The number of rotatable bonds is 4. The van der Waals surface area contributed by atoms with E-state index in [1.54, 1.807) is 13.8 Å². The molecule has 0 aliphatic carbocycles. The summed E-state index contributed by atoms with van der Waals surface area (Å²) in [5, 5.41) is 2.62. The Morgan fingerprint density at radius 3 is 2.47 bits per heavy atom. The molecular weight excluding hydrogens is 240 g/mol. The van der Waals surface area contributed by atoms with Crippen molar-refractivity contribution in [1.82, 2.24) is 5.32 Å². The summed E-state index contributed by atoms with van der Waals surface area (Å²) in [6.45, 7) is 3.86. The first-order valence-electron chi connectivity index (χ1n) is 5.32. The molecule has 3 N–H and O–H groups in total. The van der Waals surface area contributed by atoms with Crippen LogP contribution in [0.2, 0.25) is 0 Å². The Hall–Kier alpha value is -1.56. The normalized spacial score (nSPS) is 11.2. The second kappa shape index (κ2) is 5.18. The standard InChI is InChI=1S/C11H16N2O3S/c1-3-13-11(14)8-5-6-10(9(12)7-8)17(15,16)4-2/h5-7H,3-4,12H2,1-2H3,(H,13,14). The number of hydrogen-bond acceptors (Lipinski definition) is 4. The van der Waals surface area contributed by atoms with E-state index in [2.05, 4.69) is 5.32 Å². The van der Waals surface area contributed by atoms with Crippen molar-refractivity contribution < 1.29 is 13.2 Å². The summed E-state index contributed by atoms with van der Waals surface area (Å²) in [6.07, 6.45) is 0. The number of amides is 1. The number of carbonyl (C=O) groups excluding carboxylic acids is 1. The largest absolute Gasteiger partial charge is 0.398 e. The molecule has 0 saturated carbocycles. The molecule has 0 spiro atoms. The molecule has 0 aliphatic rings. The lowest BCUT2D eigenvalue weighted by atomic mass is 10.2. The Balaban J connectivity index is 3.15. The van der Waals surface area contributed by atoms with Gasteiger partial charge in [0, 0.05) is 12.1 Å². The highest BCUT2D eigenvalue weighted by Crippen LogP contribution is 2.20. The first-order valence-corrected chi connectivity index (χ1v) is 6.98. The van der Waals surface area contributed by atoms with E-state index in [9.17, 15) is 13.2 Å². The first-order chi connectivity index (χ1) is 7.92. The maximum absolute atomic E-state index is 11.6. The summed E-state index contributed by atoms with van der Waals surface area (Å²) in [7, 11) is -3.34. The summed E-state index contributed by atoms with van der Waals surface area (Å²) < 4.78 is 23.3. The molecule has 0 unspecified atom stereocenters. The molecule has 0 atom stereocenters. The second-order valence-corrected chi connectivity index (χ2v) is 5.76. The zero-order valence-corrected chi connectivity index (χ0v) is 10.7. The number of nitrogen functional groups attached to an aromatic ring is 1. The fourth-order valence-corrected chi connectivity index (χ4v) is 2.40. The molecule has 0 fully saturated rings. The van der Waals surface area contributed by atoms with Crippen LogP contribution >= 0.6 is 0 Å². The molecule has 6 heteroatoms. The van der Waals surface area contributed by atoms with Crippen molar-refractivity contribution in [3.8, 4) is 0 Å².